The highest BCUT2D eigenvalue weighted by atomic mass is 32.2. The summed E-state index contributed by atoms with van der Waals surface area (Å²) in [7, 11) is -4.31. The molecular weight excluding hydrogens is 360 g/mol. The Bertz CT molecular complexity index is 1100. The Hall–Kier alpha value is -3.39. The van der Waals surface area contributed by atoms with Gasteiger partial charge in [-0.05, 0) is 30.3 Å². The molecular formula is C18H12O7S. The predicted octanol–water partition coefficient (Wildman–Crippen LogP) is 3.00. The van der Waals surface area contributed by atoms with Gasteiger partial charge in [0.2, 0.25) is 0 Å². The van der Waals surface area contributed by atoms with Crippen LogP contribution in [0.4, 0.5) is 0 Å². The third kappa shape index (κ3) is 3.09. The molecule has 3 aromatic rings. The van der Waals surface area contributed by atoms with E-state index >= 15 is 0 Å². The van der Waals surface area contributed by atoms with Gasteiger partial charge in [-0.15, -0.1) is 0 Å². The standard InChI is InChI=1S/C18H12O7S/c19-17(20)13-8-4-7-12-15(10-9-14(16(12)13)18(21)22)26(23,24)25-11-5-2-1-3-6-11/h1-10H,(H,19,20)(H,21,22). The Morgan fingerprint density at radius 3 is 2.00 bits per heavy atom. The molecule has 0 fully saturated rings. The Morgan fingerprint density at radius 1 is 0.769 bits per heavy atom. The molecule has 0 atom stereocenters. The molecule has 2 N–H and O–H groups in total. The van der Waals surface area contributed by atoms with E-state index in [9.17, 15) is 28.2 Å². The molecule has 0 radical (unpaired) electrons. The van der Waals surface area contributed by atoms with Crippen LogP contribution in [-0.4, -0.2) is 30.6 Å². The van der Waals surface area contributed by atoms with Gasteiger partial charge in [0.25, 0.3) is 0 Å². The summed E-state index contributed by atoms with van der Waals surface area (Å²) in [4.78, 5) is 22.6. The summed E-state index contributed by atoms with van der Waals surface area (Å²) >= 11 is 0. The van der Waals surface area contributed by atoms with E-state index in [2.05, 4.69) is 0 Å². The van der Waals surface area contributed by atoms with Crippen molar-refractivity contribution >= 4 is 32.8 Å². The zero-order chi connectivity index (χ0) is 18.9. The number of carboxylic acids is 2. The molecule has 0 unspecified atom stereocenters. The fraction of sp³-hybridized carbons (Fsp3) is 0. The maximum absolute atomic E-state index is 12.7. The van der Waals surface area contributed by atoms with Crippen LogP contribution in [0.15, 0.2) is 65.6 Å². The molecule has 0 saturated heterocycles. The van der Waals surface area contributed by atoms with Gasteiger partial charge in [-0.25, -0.2) is 9.59 Å². The predicted molar refractivity (Wildman–Crippen MR) is 92.1 cm³/mol. The van der Waals surface area contributed by atoms with E-state index in [4.69, 9.17) is 4.18 Å². The molecule has 132 valence electrons. The van der Waals surface area contributed by atoms with E-state index in [0.717, 1.165) is 12.1 Å². The maximum Gasteiger partial charge on any atom is 0.339 e. The number of aromatic carboxylic acids is 2. The fourth-order valence-electron chi connectivity index (χ4n) is 2.60. The van der Waals surface area contributed by atoms with Gasteiger partial charge in [-0.3, -0.25) is 0 Å². The van der Waals surface area contributed by atoms with Crippen LogP contribution >= 0.6 is 0 Å². The molecule has 0 heterocycles. The Labute approximate surface area is 148 Å². The molecule has 0 saturated carbocycles. The van der Waals surface area contributed by atoms with Crippen molar-refractivity contribution in [2.24, 2.45) is 0 Å². The lowest BCUT2D eigenvalue weighted by Crippen LogP contribution is -2.12. The average Bonchev–Trinajstić information content (AvgIpc) is 2.60. The van der Waals surface area contributed by atoms with Crippen LogP contribution in [0.5, 0.6) is 5.75 Å². The number of rotatable bonds is 5. The van der Waals surface area contributed by atoms with E-state index < -0.39 is 22.1 Å². The second-order valence-electron chi connectivity index (χ2n) is 5.30. The quantitative estimate of drug-likeness (QED) is 0.661. The monoisotopic (exact) mass is 372 g/mol. The highest BCUT2D eigenvalue weighted by molar-refractivity contribution is 7.87. The minimum atomic E-state index is -4.31. The Morgan fingerprint density at radius 2 is 1.38 bits per heavy atom. The summed E-state index contributed by atoms with van der Waals surface area (Å²) in [5.74, 6) is -2.65. The molecule has 0 amide bonds. The molecule has 0 aliphatic carbocycles. The van der Waals surface area contributed by atoms with Crippen molar-refractivity contribution in [3.8, 4) is 5.75 Å². The van der Waals surface area contributed by atoms with Crippen LogP contribution in [0.3, 0.4) is 0 Å². The second-order valence-corrected chi connectivity index (χ2v) is 6.81. The summed E-state index contributed by atoms with van der Waals surface area (Å²) < 4.78 is 30.4. The van der Waals surface area contributed by atoms with Crippen LogP contribution in [-0.2, 0) is 10.1 Å². The van der Waals surface area contributed by atoms with Crippen LogP contribution in [0.1, 0.15) is 20.7 Å². The second kappa shape index (κ2) is 6.49. The lowest BCUT2D eigenvalue weighted by atomic mass is 9.99. The zero-order valence-electron chi connectivity index (χ0n) is 13.1. The normalized spacial score (nSPS) is 11.2. The van der Waals surface area contributed by atoms with Crippen molar-refractivity contribution < 1.29 is 32.4 Å². The number of fused-ring (bicyclic) bond motifs is 1. The third-order valence-corrected chi connectivity index (χ3v) is 4.99. The first-order valence-corrected chi connectivity index (χ1v) is 8.74. The van der Waals surface area contributed by atoms with Gasteiger partial charge in [0.1, 0.15) is 10.6 Å². The van der Waals surface area contributed by atoms with Gasteiger partial charge in [0, 0.05) is 10.8 Å². The first-order valence-electron chi connectivity index (χ1n) is 7.33. The molecule has 0 aliphatic rings. The highest BCUT2D eigenvalue weighted by Gasteiger charge is 2.25. The number of hydrogen-bond donors (Lipinski definition) is 2. The fourth-order valence-corrected chi connectivity index (χ4v) is 3.73. The van der Waals surface area contributed by atoms with Crippen LogP contribution in [0.2, 0.25) is 0 Å². The summed E-state index contributed by atoms with van der Waals surface area (Å²) in [6, 6.07) is 13.8. The molecule has 3 rings (SSSR count). The van der Waals surface area contributed by atoms with E-state index in [1.807, 2.05) is 0 Å². The van der Waals surface area contributed by atoms with E-state index in [0.29, 0.717) is 0 Å². The van der Waals surface area contributed by atoms with Crippen LogP contribution in [0, 0.1) is 0 Å². The molecule has 8 heteroatoms. The number of hydrogen-bond acceptors (Lipinski definition) is 5. The number of para-hydroxylation sites is 1. The molecule has 7 nitrogen and oxygen atoms in total. The first kappa shape index (κ1) is 17.4. The van der Waals surface area contributed by atoms with Gasteiger partial charge in [-0.1, -0.05) is 30.3 Å². The summed E-state index contributed by atoms with van der Waals surface area (Å²) in [5.41, 5.74) is -0.617. The van der Waals surface area contributed by atoms with Crippen molar-refractivity contribution in [3.05, 3.63) is 71.8 Å². The number of carbonyl (C=O) groups is 2. The third-order valence-electron chi connectivity index (χ3n) is 3.68. The van der Waals surface area contributed by atoms with E-state index in [1.165, 1.54) is 30.3 Å². The average molecular weight is 372 g/mol. The smallest absolute Gasteiger partial charge is 0.339 e. The zero-order valence-corrected chi connectivity index (χ0v) is 13.9. The number of carboxylic acid groups (broad SMARTS) is 2. The topological polar surface area (TPSA) is 118 Å². The Balaban J connectivity index is 2.28. The summed E-state index contributed by atoms with van der Waals surface area (Å²) in [6.07, 6.45) is 0. The lowest BCUT2D eigenvalue weighted by molar-refractivity contribution is 0.0695. The van der Waals surface area contributed by atoms with Gasteiger partial charge in [-0.2, -0.15) is 8.42 Å². The van der Waals surface area contributed by atoms with Crippen LogP contribution < -0.4 is 4.18 Å². The lowest BCUT2D eigenvalue weighted by Gasteiger charge is -2.12. The largest absolute Gasteiger partial charge is 0.478 e. The molecule has 3 aromatic carbocycles. The minimum Gasteiger partial charge on any atom is -0.478 e. The van der Waals surface area contributed by atoms with Crippen molar-refractivity contribution in [3.63, 3.8) is 0 Å². The molecule has 0 aromatic heterocycles. The van der Waals surface area contributed by atoms with Crippen molar-refractivity contribution in [2.45, 2.75) is 4.90 Å². The van der Waals surface area contributed by atoms with Gasteiger partial charge in [0.05, 0.1) is 11.1 Å². The first-order chi connectivity index (χ1) is 12.3. The number of benzene rings is 3. The van der Waals surface area contributed by atoms with Gasteiger partial charge in [0.15, 0.2) is 0 Å². The van der Waals surface area contributed by atoms with Gasteiger partial charge < -0.3 is 14.4 Å². The molecule has 0 bridgehead atoms. The highest BCUT2D eigenvalue weighted by Crippen LogP contribution is 2.31. The molecule has 0 spiro atoms. The van der Waals surface area contributed by atoms with Crippen molar-refractivity contribution in [2.75, 3.05) is 0 Å². The van der Waals surface area contributed by atoms with Gasteiger partial charge >= 0.3 is 22.1 Å². The minimum absolute atomic E-state index is 0.0410. The van der Waals surface area contributed by atoms with E-state index in [-0.39, 0.29) is 32.5 Å². The van der Waals surface area contributed by atoms with Crippen LogP contribution in [0.25, 0.3) is 10.8 Å². The summed E-state index contributed by atoms with van der Waals surface area (Å²) in [6.45, 7) is 0. The maximum atomic E-state index is 12.7. The SMILES string of the molecule is O=C(O)c1cccc2c(S(=O)(=O)Oc3ccccc3)ccc(C(=O)O)c12. The van der Waals surface area contributed by atoms with E-state index in [1.54, 1.807) is 18.2 Å². The molecule has 26 heavy (non-hydrogen) atoms. The van der Waals surface area contributed by atoms with Crippen molar-refractivity contribution in [1.29, 1.82) is 0 Å². The molecule has 0 aliphatic heterocycles. The summed E-state index contributed by atoms with van der Waals surface area (Å²) in [5, 5.41) is 18.5. The van der Waals surface area contributed by atoms with Crippen molar-refractivity contribution in [1.82, 2.24) is 0 Å². The Kier molecular flexibility index (Phi) is 4.35.